The molecule has 2 rings (SSSR count). The number of nitrogens with one attached hydrogen (secondary N) is 1. The van der Waals surface area contributed by atoms with Gasteiger partial charge in [0.25, 0.3) is 5.69 Å². The van der Waals surface area contributed by atoms with Crippen molar-refractivity contribution < 1.29 is 9.31 Å². The van der Waals surface area contributed by atoms with E-state index in [2.05, 4.69) is 10.4 Å². The van der Waals surface area contributed by atoms with E-state index in [0.29, 0.717) is 6.54 Å². The lowest BCUT2D eigenvalue weighted by molar-refractivity contribution is -0.384. The maximum atomic E-state index is 13.6. The van der Waals surface area contributed by atoms with Gasteiger partial charge in [-0.1, -0.05) is 6.92 Å². The zero-order valence-corrected chi connectivity index (χ0v) is 13.7. The van der Waals surface area contributed by atoms with Gasteiger partial charge in [-0.3, -0.25) is 14.8 Å². The van der Waals surface area contributed by atoms with E-state index in [1.807, 2.05) is 20.2 Å². The Morgan fingerprint density at radius 1 is 1.52 bits per heavy atom. The quantitative estimate of drug-likeness (QED) is 0.472. The predicted octanol–water partition coefficient (Wildman–Crippen LogP) is 3.25. The lowest BCUT2D eigenvalue weighted by Crippen LogP contribution is -2.05. The van der Waals surface area contributed by atoms with Crippen LogP contribution in [0, 0.1) is 19.5 Å². The van der Waals surface area contributed by atoms with Crippen molar-refractivity contribution in [2.75, 3.05) is 5.32 Å². The Kier molecular flexibility index (Phi) is 4.76. The molecule has 0 aliphatic heterocycles. The zero-order valence-electron chi connectivity index (χ0n) is 11.6. The molecule has 21 heavy (non-hydrogen) atoms. The van der Waals surface area contributed by atoms with Crippen molar-refractivity contribution in [1.29, 1.82) is 0 Å². The van der Waals surface area contributed by atoms with Crippen molar-refractivity contribution in [3.05, 3.63) is 49.1 Å². The van der Waals surface area contributed by atoms with E-state index >= 15 is 0 Å². The number of aryl methyl sites for hydroxylation is 2. The Bertz CT molecular complexity index is 687. The van der Waals surface area contributed by atoms with E-state index in [0.717, 1.165) is 23.7 Å². The molecule has 1 aromatic carbocycles. The molecule has 0 saturated heterocycles. The Balaban J connectivity index is 2.27. The molecule has 6 nitrogen and oxygen atoms in total. The maximum Gasteiger partial charge on any atom is 0.293 e. The van der Waals surface area contributed by atoms with Gasteiger partial charge >= 0.3 is 0 Å². The smallest absolute Gasteiger partial charge is 0.293 e. The van der Waals surface area contributed by atoms with Crippen LogP contribution in [0.4, 0.5) is 15.8 Å². The summed E-state index contributed by atoms with van der Waals surface area (Å²) < 4.78 is 15.5. The van der Waals surface area contributed by atoms with Crippen molar-refractivity contribution in [3.8, 4) is 0 Å². The number of benzene rings is 1. The summed E-state index contributed by atoms with van der Waals surface area (Å²) in [6.07, 6.45) is 2.61. The molecule has 0 unspecified atom stereocenters. The number of nitro groups is 1. The SMILES string of the molecule is CCc1nn(C)cc1CNc1cc(F)c(I)cc1[N+](=O)[O-]. The van der Waals surface area contributed by atoms with Crippen LogP contribution in [0.2, 0.25) is 0 Å². The fraction of sp³-hybridized carbons (Fsp3) is 0.308. The summed E-state index contributed by atoms with van der Waals surface area (Å²) in [5, 5.41) is 18.3. The predicted molar refractivity (Wildman–Crippen MR) is 85.7 cm³/mol. The second-order valence-electron chi connectivity index (χ2n) is 4.52. The Hall–Kier alpha value is -1.71. The molecule has 2 aromatic rings. The van der Waals surface area contributed by atoms with E-state index in [-0.39, 0.29) is 14.9 Å². The second-order valence-corrected chi connectivity index (χ2v) is 5.68. The van der Waals surface area contributed by atoms with Gasteiger partial charge in [-0.15, -0.1) is 0 Å². The summed E-state index contributed by atoms with van der Waals surface area (Å²) in [5.41, 5.74) is 1.89. The highest BCUT2D eigenvalue weighted by atomic mass is 127. The molecule has 1 N–H and O–H groups in total. The van der Waals surface area contributed by atoms with Crippen molar-refractivity contribution in [1.82, 2.24) is 9.78 Å². The standard InChI is InChI=1S/C13H14FIN4O2/c1-3-11-8(7-18(2)17-11)6-16-12-4-9(14)10(15)5-13(12)19(20)21/h4-5,7,16H,3,6H2,1-2H3. The molecule has 0 aliphatic carbocycles. The van der Waals surface area contributed by atoms with Crippen LogP contribution in [-0.4, -0.2) is 14.7 Å². The minimum Gasteiger partial charge on any atom is -0.375 e. The first-order valence-electron chi connectivity index (χ1n) is 6.31. The average Bonchev–Trinajstić information content (AvgIpc) is 2.79. The Morgan fingerprint density at radius 2 is 2.24 bits per heavy atom. The lowest BCUT2D eigenvalue weighted by Gasteiger charge is -2.08. The van der Waals surface area contributed by atoms with Gasteiger partial charge in [-0.05, 0) is 29.0 Å². The van der Waals surface area contributed by atoms with E-state index in [9.17, 15) is 14.5 Å². The van der Waals surface area contributed by atoms with E-state index in [1.54, 1.807) is 27.3 Å². The molecule has 1 aromatic heterocycles. The highest BCUT2D eigenvalue weighted by Crippen LogP contribution is 2.29. The average molecular weight is 404 g/mol. The topological polar surface area (TPSA) is 73.0 Å². The number of halogens is 2. The van der Waals surface area contributed by atoms with Gasteiger partial charge in [0.05, 0.1) is 14.2 Å². The third-order valence-corrected chi connectivity index (χ3v) is 3.86. The number of nitro benzene ring substituents is 1. The number of anilines is 1. The van der Waals surface area contributed by atoms with Crippen molar-refractivity contribution >= 4 is 34.0 Å². The van der Waals surface area contributed by atoms with Crippen molar-refractivity contribution in [3.63, 3.8) is 0 Å². The first-order chi connectivity index (χ1) is 9.92. The summed E-state index contributed by atoms with van der Waals surface area (Å²) in [6.45, 7) is 2.34. The van der Waals surface area contributed by atoms with Crippen LogP contribution in [0.3, 0.4) is 0 Å². The molecule has 0 bridgehead atoms. The van der Waals surface area contributed by atoms with Gasteiger partial charge in [-0.25, -0.2) is 4.39 Å². The molecular formula is C13H14FIN4O2. The number of aromatic nitrogens is 2. The van der Waals surface area contributed by atoms with Crippen LogP contribution >= 0.6 is 22.6 Å². The molecule has 8 heteroatoms. The van der Waals surface area contributed by atoms with Gasteiger partial charge in [0.1, 0.15) is 11.5 Å². The monoisotopic (exact) mass is 404 g/mol. The summed E-state index contributed by atoms with van der Waals surface area (Å²) >= 11 is 1.73. The lowest BCUT2D eigenvalue weighted by atomic mass is 10.2. The summed E-state index contributed by atoms with van der Waals surface area (Å²) in [6, 6.07) is 2.38. The number of nitrogens with zero attached hydrogens (tertiary/aromatic N) is 3. The molecule has 1 heterocycles. The summed E-state index contributed by atoms with van der Waals surface area (Å²) in [5.74, 6) is -0.481. The normalized spacial score (nSPS) is 10.7. The molecule has 0 amide bonds. The molecule has 0 radical (unpaired) electrons. The van der Waals surface area contributed by atoms with E-state index in [4.69, 9.17) is 0 Å². The fourth-order valence-electron chi connectivity index (χ4n) is 2.05. The third kappa shape index (κ3) is 3.49. The second kappa shape index (κ2) is 6.37. The first-order valence-corrected chi connectivity index (χ1v) is 7.39. The highest BCUT2D eigenvalue weighted by Gasteiger charge is 2.18. The minimum atomic E-state index is -0.520. The summed E-state index contributed by atoms with van der Waals surface area (Å²) in [7, 11) is 1.82. The van der Waals surface area contributed by atoms with Gasteiger partial charge in [0, 0.05) is 37.5 Å². The van der Waals surface area contributed by atoms with Gasteiger partial charge < -0.3 is 5.32 Å². The zero-order chi connectivity index (χ0) is 15.6. The van der Waals surface area contributed by atoms with Crippen LogP contribution in [0.15, 0.2) is 18.3 Å². The molecule has 0 fully saturated rings. The van der Waals surface area contributed by atoms with Gasteiger partial charge in [0.15, 0.2) is 0 Å². The Morgan fingerprint density at radius 3 is 2.86 bits per heavy atom. The molecule has 0 saturated carbocycles. The first kappa shape index (κ1) is 15.7. The summed E-state index contributed by atoms with van der Waals surface area (Å²) in [4.78, 5) is 10.5. The van der Waals surface area contributed by atoms with E-state index < -0.39 is 10.7 Å². The van der Waals surface area contributed by atoms with Crippen LogP contribution in [0.25, 0.3) is 0 Å². The van der Waals surface area contributed by atoms with Crippen LogP contribution < -0.4 is 5.32 Å². The molecule has 0 spiro atoms. The molecule has 0 aliphatic rings. The molecule has 0 atom stereocenters. The number of hydrogen-bond donors (Lipinski definition) is 1. The van der Waals surface area contributed by atoms with E-state index in [1.165, 1.54) is 6.07 Å². The third-order valence-electron chi connectivity index (χ3n) is 3.03. The number of rotatable bonds is 5. The van der Waals surface area contributed by atoms with Crippen LogP contribution in [0.1, 0.15) is 18.2 Å². The van der Waals surface area contributed by atoms with Gasteiger partial charge in [0.2, 0.25) is 0 Å². The highest BCUT2D eigenvalue weighted by molar-refractivity contribution is 14.1. The Labute approximate surface area is 134 Å². The van der Waals surface area contributed by atoms with Crippen LogP contribution in [0.5, 0.6) is 0 Å². The minimum absolute atomic E-state index is 0.136. The van der Waals surface area contributed by atoms with Gasteiger partial charge in [-0.2, -0.15) is 5.10 Å². The van der Waals surface area contributed by atoms with Crippen molar-refractivity contribution in [2.24, 2.45) is 7.05 Å². The fourth-order valence-corrected chi connectivity index (χ4v) is 2.50. The number of hydrogen-bond acceptors (Lipinski definition) is 4. The van der Waals surface area contributed by atoms with Crippen LogP contribution in [-0.2, 0) is 20.0 Å². The van der Waals surface area contributed by atoms with Crippen molar-refractivity contribution in [2.45, 2.75) is 19.9 Å². The molecular weight excluding hydrogens is 390 g/mol. The maximum absolute atomic E-state index is 13.6. The molecule has 112 valence electrons. The largest absolute Gasteiger partial charge is 0.375 e.